The SMILES string of the molecule is O=C(NN=C1c2ccccc2-c2ccccc21)c1cccc(Cl)c1. The average Bonchev–Trinajstić information content (AvgIpc) is 2.94. The molecule has 3 aromatic carbocycles. The summed E-state index contributed by atoms with van der Waals surface area (Å²) in [6.07, 6.45) is 0. The van der Waals surface area contributed by atoms with Gasteiger partial charge in [0.1, 0.15) is 0 Å². The molecule has 0 bridgehead atoms. The van der Waals surface area contributed by atoms with Crippen LogP contribution in [0.2, 0.25) is 5.02 Å². The third-order valence-corrected chi connectivity index (χ3v) is 4.25. The van der Waals surface area contributed by atoms with Crippen LogP contribution < -0.4 is 5.43 Å². The van der Waals surface area contributed by atoms with E-state index >= 15 is 0 Å². The van der Waals surface area contributed by atoms with Gasteiger partial charge >= 0.3 is 0 Å². The van der Waals surface area contributed by atoms with Gasteiger partial charge in [-0.3, -0.25) is 4.79 Å². The summed E-state index contributed by atoms with van der Waals surface area (Å²) in [6.45, 7) is 0. The van der Waals surface area contributed by atoms with Gasteiger partial charge in [0.05, 0.1) is 5.71 Å². The maximum atomic E-state index is 12.3. The van der Waals surface area contributed by atoms with Gasteiger partial charge in [-0.25, -0.2) is 5.43 Å². The monoisotopic (exact) mass is 332 g/mol. The third-order valence-electron chi connectivity index (χ3n) is 4.01. The number of nitrogens with zero attached hydrogens (tertiary/aromatic N) is 1. The van der Waals surface area contributed by atoms with Crippen LogP contribution in [0.4, 0.5) is 0 Å². The Morgan fingerprint density at radius 2 is 1.38 bits per heavy atom. The Hall–Kier alpha value is -2.91. The summed E-state index contributed by atoms with van der Waals surface area (Å²) in [4.78, 5) is 12.3. The number of hydrogen-bond acceptors (Lipinski definition) is 2. The van der Waals surface area contributed by atoms with E-state index in [0.717, 1.165) is 28.0 Å². The molecule has 0 aromatic heterocycles. The van der Waals surface area contributed by atoms with Gasteiger partial charge in [-0.05, 0) is 29.3 Å². The van der Waals surface area contributed by atoms with Crippen LogP contribution in [-0.4, -0.2) is 11.6 Å². The summed E-state index contributed by atoms with van der Waals surface area (Å²) in [5.41, 5.74) is 8.19. The molecule has 0 unspecified atom stereocenters. The Balaban J connectivity index is 1.71. The summed E-state index contributed by atoms with van der Waals surface area (Å²) < 4.78 is 0. The summed E-state index contributed by atoms with van der Waals surface area (Å²) >= 11 is 5.93. The molecule has 3 nitrogen and oxygen atoms in total. The number of hydrogen-bond donors (Lipinski definition) is 1. The molecule has 0 spiro atoms. The van der Waals surface area contributed by atoms with Gasteiger partial charge in [0.2, 0.25) is 0 Å². The van der Waals surface area contributed by atoms with E-state index in [0.29, 0.717) is 10.6 Å². The molecule has 1 amide bonds. The molecule has 1 N–H and O–H groups in total. The van der Waals surface area contributed by atoms with Crippen LogP contribution in [0.3, 0.4) is 0 Å². The molecular weight excluding hydrogens is 320 g/mol. The van der Waals surface area contributed by atoms with Crippen LogP contribution in [0.5, 0.6) is 0 Å². The highest BCUT2D eigenvalue weighted by molar-refractivity contribution is 6.31. The highest BCUT2D eigenvalue weighted by Gasteiger charge is 2.24. The zero-order chi connectivity index (χ0) is 16.5. The number of benzene rings is 3. The van der Waals surface area contributed by atoms with Crippen LogP contribution in [-0.2, 0) is 0 Å². The van der Waals surface area contributed by atoms with Crippen LogP contribution in [0.15, 0.2) is 77.9 Å². The first kappa shape index (κ1) is 14.7. The maximum absolute atomic E-state index is 12.3. The molecule has 4 heteroatoms. The topological polar surface area (TPSA) is 41.5 Å². The Labute approximate surface area is 144 Å². The molecule has 3 aromatic rings. The van der Waals surface area contributed by atoms with E-state index in [2.05, 4.69) is 22.7 Å². The van der Waals surface area contributed by atoms with Crippen molar-refractivity contribution in [3.05, 3.63) is 94.5 Å². The van der Waals surface area contributed by atoms with Crippen LogP contribution in [0, 0.1) is 0 Å². The Bertz CT molecular complexity index is 931. The summed E-state index contributed by atoms with van der Waals surface area (Å²) in [6, 6.07) is 22.9. The molecule has 24 heavy (non-hydrogen) atoms. The molecule has 0 saturated heterocycles. The standard InChI is InChI=1S/C20H13ClN2O/c21-14-7-5-6-13(12-14)20(24)23-22-19-17-10-3-1-8-15(17)16-9-2-4-11-18(16)19/h1-12H,(H,23,24). The minimum absolute atomic E-state index is 0.285. The number of carbonyl (C=O) groups excluding carboxylic acids is 1. The van der Waals surface area contributed by atoms with Crippen molar-refractivity contribution in [3.63, 3.8) is 0 Å². The van der Waals surface area contributed by atoms with Crippen LogP contribution in [0.25, 0.3) is 11.1 Å². The number of fused-ring (bicyclic) bond motifs is 3. The molecule has 1 aliphatic rings. The number of carbonyl (C=O) groups is 1. The molecule has 0 saturated carbocycles. The van der Waals surface area contributed by atoms with Crippen molar-refractivity contribution in [1.29, 1.82) is 0 Å². The number of amides is 1. The molecule has 0 atom stereocenters. The van der Waals surface area contributed by atoms with Crippen molar-refractivity contribution in [2.24, 2.45) is 5.10 Å². The molecule has 116 valence electrons. The summed E-state index contributed by atoms with van der Waals surface area (Å²) in [5, 5.41) is 4.91. The first-order chi connectivity index (χ1) is 11.7. The lowest BCUT2D eigenvalue weighted by atomic mass is 10.1. The minimum atomic E-state index is -0.285. The number of halogens is 1. The number of nitrogens with one attached hydrogen (secondary N) is 1. The zero-order valence-electron chi connectivity index (χ0n) is 12.7. The fourth-order valence-corrected chi connectivity index (χ4v) is 3.11. The highest BCUT2D eigenvalue weighted by Crippen LogP contribution is 2.36. The Morgan fingerprint density at radius 1 is 0.792 bits per heavy atom. The van der Waals surface area contributed by atoms with Crippen molar-refractivity contribution in [2.45, 2.75) is 0 Å². The molecule has 0 heterocycles. The maximum Gasteiger partial charge on any atom is 0.271 e. The molecule has 0 aliphatic heterocycles. The largest absolute Gasteiger partial charge is 0.271 e. The summed E-state index contributed by atoms with van der Waals surface area (Å²) in [5.74, 6) is -0.285. The molecule has 4 rings (SSSR count). The normalized spacial score (nSPS) is 11.6. The van der Waals surface area contributed by atoms with Gasteiger partial charge in [-0.2, -0.15) is 5.10 Å². The second-order valence-corrected chi connectivity index (χ2v) is 5.94. The number of rotatable bonds is 2. The van der Waals surface area contributed by atoms with Gasteiger partial charge in [-0.1, -0.05) is 66.2 Å². The first-order valence-electron chi connectivity index (χ1n) is 7.57. The van der Waals surface area contributed by atoms with Crippen molar-refractivity contribution >= 4 is 23.2 Å². The van der Waals surface area contributed by atoms with Crippen molar-refractivity contribution in [3.8, 4) is 11.1 Å². The van der Waals surface area contributed by atoms with Crippen molar-refractivity contribution in [1.82, 2.24) is 5.43 Å². The molecule has 0 fully saturated rings. The van der Waals surface area contributed by atoms with Gasteiger partial charge in [0, 0.05) is 21.7 Å². The highest BCUT2D eigenvalue weighted by atomic mass is 35.5. The van der Waals surface area contributed by atoms with E-state index in [1.165, 1.54) is 0 Å². The molecule has 1 aliphatic carbocycles. The van der Waals surface area contributed by atoms with Crippen molar-refractivity contribution in [2.75, 3.05) is 0 Å². The van der Waals surface area contributed by atoms with E-state index in [1.807, 2.05) is 36.4 Å². The van der Waals surface area contributed by atoms with E-state index in [4.69, 9.17) is 11.6 Å². The van der Waals surface area contributed by atoms with E-state index in [-0.39, 0.29) is 5.91 Å². The van der Waals surface area contributed by atoms with Crippen LogP contribution >= 0.6 is 11.6 Å². The van der Waals surface area contributed by atoms with Gasteiger partial charge in [0.15, 0.2) is 0 Å². The van der Waals surface area contributed by atoms with Gasteiger partial charge < -0.3 is 0 Å². The van der Waals surface area contributed by atoms with E-state index < -0.39 is 0 Å². The first-order valence-corrected chi connectivity index (χ1v) is 7.94. The average molecular weight is 333 g/mol. The van der Waals surface area contributed by atoms with Gasteiger partial charge in [-0.15, -0.1) is 0 Å². The quantitative estimate of drug-likeness (QED) is 0.539. The van der Waals surface area contributed by atoms with Crippen molar-refractivity contribution < 1.29 is 4.79 Å². The lowest BCUT2D eigenvalue weighted by Gasteiger charge is -2.04. The fraction of sp³-hybridized carbons (Fsp3) is 0. The van der Waals surface area contributed by atoms with E-state index in [1.54, 1.807) is 24.3 Å². The predicted molar refractivity (Wildman–Crippen MR) is 96.4 cm³/mol. The fourth-order valence-electron chi connectivity index (χ4n) is 2.92. The predicted octanol–water partition coefficient (Wildman–Crippen LogP) is 4.50. The molecular formula is C20H13ClN2O. The molecule has 0 radical (unpaired) electrons. The number of hydrazone groups is 1. The van der Waals surface area contributed by atoms with Crippen LogP contribution in [0.1, 0.15) is 21.5 Å². The summed E-state index contributed by atoms with van der Waals surface area (Å²) in [7, 11) is 0. The second kappa shape index (κ2) is 5.95. The lowest BCUT2D eigenvalue weighted by Crippen LogP contribution is -2.19. The van der Waals surface area contributed by atoms with Gasteiger partial charge in [0.25, 0.3) is 5.91 Å². The lowest BCUT2D eigenvalue weighted by molar-refractivity contribution is 0.0955. The van der Waals surface area contributed by atoms with E-state index in [9.17, 15) is 4.79 Å². The minimum Gasteiger partial charge on any atom is -0.267 e. The smallest absolute Gasteiger partial charge is 0.267 e. The zero-order valence-corrected chi connectivity index (χ0v) is 13.4. The Morgan fingerprint density at radius 3 is 1.96 bits per heavy atom. The second-order valence-electron chi connectivity index (χ2n) is 5.50. The Kier molecular flexibility index (Phi) is 3.63. The third kappa shape index (κ3) is 2.49.